The first-order valence-electron chi connectivity index (χ1n) is 11.7. The van der Waals surface area contributed by atoms with Crippen molar-refractivity contribution in [3.05, 3.63) is 107 Å². The second kappa shape index (κ2) is 10.7. The third-order valence-corrected chi connectivity index (χ3v) is 5.74. The summed E-state index contributed by atoms with van der Waals surface area (Å²) in [5.41, 5.74) is 2.18. The monoisotopic (exact) mass is 480 g/mol. The highest BCUT2D eigenvalue weighted by molar-refractivity contribution is 6.08. The van der Waals surface area contributed by atoms with Crippen LogP contribution in [0.5, 0.6) is 5.75 Å². The van der Waals surface area contributed by atoms with Crippen LogP contribution in [0.1, 0.15) is 28.8 Å². The Hall–Kier alpha value is -4.72. The van der Waals surface area contributed by atoms with Crippen LogP contribution >= 0.6 is 0 Å². The Kier molecular flexibility index (Phi) is 6.84. The molecule has 0 saturated heterocycles. The average molecular weight is 481 g/mol. The summed E-state index contributed by atoms with van der Waals surface area (Å²) < 4.78 is 11.7. The van der Waals surface area contributed by atoms with E-state index >= 15 is 0 Å². The Morgan fingerprint density at radius 1 is 0.972 bits per heavy atom. The summed E-state index contributed by atoms with van der Waals surface area (Å²) in [6.07, 6.45) is 4.41. The minimum atomic E-state index is -0.329. The summed E-state index contributed by atoms with van der Waals surface area (Å²) in [7, 11) is 0. The van der Waals surface area contributed by atoms with Crippen molar-refractivity contribution in [2.45, 2.75) is 19.3 Å². The van der Waals surface area contributed by atoms with Crippen molar-refractivity contribution in [3.63, 3.8) is 0 Å². The van der Waals surface area contributed by atoms with Crippen LogP contribution in [-0.4, -0.2) is 27.7 Å². The topological polar surface area (TPSA) is 110 Å². The molecule has 2 N–H and O–H groups in total. The summed E-state index contributed by atoms with van der Waals surface area (Å²) in [4.78, 5) is 28.3. The number of hydrogen-bond acceptors (Lipinski definition) is 6. The number of H-pyrrole nitrogens is 1. The zero-order valence-corrected chi connectivity index (χ0v) is 19.4. The molecule has 36 heavy (non-hydrogen) atoms. The number of nitrogens with one attached hydrogen (secondary N) is 2. The maximum atomic E-state index is 12.9. The molecule has 3 aromatic carbocycles. The van der Waals surface area contributed by atoms with Crippen LogP contribution in [-0.2, 0) is 6.42 Å². The first-order valence-corrected chi connectivity index (χ1v) is 11.7. The van der Waals surface area contributed by atoms with Gasteiger partial charge in [0.1, 0.15) is 12.1 Å². The number of carbonyl (C=O) groups excluding carboxylic acids is 1. The summed E-state index contributed by atoms with van der Waals surface area (Å²) in [5.74, 6) is 0.937. The molecule has 0 aliphatic heterocycles. The molecule has 0 spiro atoms. The van der Waals surface area contributed by atoms with Gasteiger partial charge in [0.05, 0.1) is 17.7 Å². The number of rotatable bonds is 9. The Morgan fingerprint density at radius 2 is 1.81 bits per heavy atom. The fourth-order valence-electron chi connectivity index (χ4n) is 3.88. The van der Waals surface area contributed by atoms with Crippen molar-refractivity contribution in [3.8, 4) is 17.3 Å². The molecular weight excluding hydrogens is 456 g/mol. The van der Waals surface area contributed by atoms with Gasteiger partial charge in [-0.3, -0.25) is 9.59 Å². The lowest BCUT2D eigenvalue weighted by atomic mass is 10.1. The lowest BCUT2D eigenvalue weighted by Crippen LogP contribution is -2.13. The van der Waals surface area contributed by atoms with E-state index < -0.39 is 0 Å². The van der Waals surface area contributed by atoms with E-state index in [9.17, 15) is 9.59 Å². The highest BCUT2D eigenvalue weighted by Crippen LogP contribution is 2.26. The Balaban J connectivity index is 1.22. The number of hydrogen-bond donors (Lipinski definition) is 2. The largest absolute Gasteiger partial charge is 0.494 e. The smallest absolute Gasteiger partial charge is 0.255 e. The van der Waals surface area contributed by atoms with Crippen LogP contribution in [0.15, 0.2) is 94.4 Å². The lowest BCUT2D eigenvalue weighted by Gasteiger charge is -2.10. The van der Waals surface area contributed by atoms with Crippen LogP contribution in [0.2, 0.25) is 0 Å². The quantitative estimate of drug-likeness (QED) is 0.280. The molecule has 0 saturated carbocycles. The molecular formula is C28H24N4O4. The molecule has 2 aromatic heterocycles. The van der Waals surface area contributed by atoms with Gasteiger partial charge in [0, 0.05) is 11.6 Å². The Bertz CT molecular complexity index is 1510. The van der Waals surface area contributed by atoms with Crippen molar-refractivity contribution in [1.82, 2.24) is 15.2 Å². The molecule has 0 bridgehead atoms. The molecule has 0 radical (unpaired) electrons. The van der Waals surface area contributed by atoms with Crippen LogP contribution in [0.3, 0.4) is 0 Å². The summed E-state index contributed by atoms with van der Waals surface area (Å²) in [6.45, 7) is 0.612. The number of aryl methyl sites for hydroxylation is 1. The second-order valence-electron chi connectivity index (χ2n) is 8.26. The minimum Gasteiger partial charge on any atom is -0.494 e. The number of para-hydroxylation sites is 1. The molecule has 2 heterocycles. The molecule has 8 heteroatoms. The molecule has 180 valence electrons. The number of ether oxygens (including phenoxy) is 1. The number of aromatic amines is 1. The van der Waals surface area contributed by atoms with Gasteiger partial charge < -0.3 is 19.5 Å². The predicted octanol–water partition coefficient (Wildman–Crippen LogP) is 5.23. The highest BCUT2D eigenvalue weighted by atomic mass is 16.5. The van der Waals surface area contributed by atoms with E-state index in [1.54, 1.807) is 42.5 Å². The molecule has 8 nitrogen and oxygen atoms in total. The number of fused-ring (bicyclic) bond motifs is 1. The van der Waals surface area contributed by atoms with E-state index in [0.717, 1.165) is 19.3 Å². The van der Waals surface area contributed by atoms with Crippen LogP contribution < -0.4 is 15.5 Å². The fraction of sp³-hybridized carbons (Fsp3) is 0.143. The first-order chi connectivity index (χ1) is 17.7. The molecule has 0 fully saturated rings. The zero-order chi connectivity index (χ0) is 24.7. The molecule has 5 aromatic rings. The van der Waals surface area contributed by atoms with Crippen molar-refractivity contribution in [1.29, 1.82) is 0 Å². The molecule has 1 amide bonds. The number of aromatic nitrogens is 3. The van der Waals surface area contributed by atoms with Crippen molar-refractivity contribution >= 4 is 22.6 Å². The number of anilines is 1. The maximum Gasteiger partial charge on any atom is 0.255 e. The van der Waals surface area contributed by atoms with E-state index in [1.165, 1.54) is 18.0 Å². The normalized spacial score (nSPS) is 10.9. The van der Waals surface area contributed by atoms with E-state index in [0.29, 0.717) is 34.8 Å². The zero-order valence-electron chi connectivity index (χ0n) is 19.4. The maximum absolute atomic E-state index is 12.9. The van der Waals surface area contributed by atoms with E-state index in [-0.39, 0.29) is 22.7 Å². The standard InChI is InChI=1S/C28H24N4O4/c33-24-17-25(27-29-18-30-32-27)36-26-22(24)10-6-11-23(26)31-28(34)20-12-14-21(15-13-20)35-16-5-4-9-19-7-2-1-3-8-19/h1-3,6-8,10-15,17-18H,4-5,9,16H2,(H,31,34)(H,29,30,32). The van der Waals surface area contributed by atoms with Gasteiger partial charge in [-0.2, -0.15) is 0 Å². The Morgan fingerprint density at radius 3 is 2.58 bits per heavy atom. The minimum absolute atomic E-state index is 0.233. The third kappa shape index (κ3) is 5.33. The molecule has 0 aliphatic carbocycles. The van der Waals surface area contributed by atoms with Crippen molar-refractivity contribution in [2.75, 3.05) is 11.9 Å². The SMILES string of the molecule is O=C(Nc1cccc2c(=O)cc(-c3nnc[nH]3)oc12)c1ccc(OCCCCc2ccccc2)cc1. The number of benzene rings is 3. The molecule has 0 aliphatic rings. The Labute approximate surface area is 207 Å². The van der Waals surface area contributed by atoms with Crippen LogP contribution in [0, 0.1) is 0 Å². The third-order valence-electron chi connectivity index (χ3n) is 5.74. The van der Waals surface area contributed by atoms with Gasteiger partial charge >= 0.3 is 0 Å². The van der Waals surface area contributed by atoms with Gasteiger partial charge in [-0.25, -0.2) is 0 Å². The van der Waals surface area contributed by atoms with Gasteiger partial charge in [0.25, 0.3) is 5.91 Å². The van der Waals surface area contributed by atoms with Crippen LogP contribution in [0.25, 0.3) is 22.6 Å². The first kappa shape index (κ1) is 23.0. The number of nitrogens with zero attached hydrogens (tertiary/aromatic N) is 2. The molecule has 0 unspecified atom stereocenters. The molecule has 5 rings (SSSR count). The number of amides is 1. The summed E-state index contributed by atoms with van der Waals surface area (Å²) in [5, 5.41) is 10.8. The van der Waals surface area contributed by atoms with Gasteiger partial charge in [0.2, 0.25) is 0 Å². The summed E-state index contributed by atoms with van der Waals surface area (Å²) in [6, 6.07) is 23.7. The van der Waals surface area contributed by atoms with E-state index in [2.05, 4.69) is 44.8 Å². The second-order valence-corrected chi connectivity index (χ2v) is 8.26. The predicted molar refractivity (Wildman–Crippen MR) is 137 cm³/mol. The van der Waals surface area contributed by atoms with E-state index in [4.69, 9.17) is 9.15 Å². The van der Waals surface area contributed by atoms with E-state index in [1.807, 2.05) is 6.07 Å². The summed E-state index contributed by atoms with van der Waals surface area (Å²) >= 11 is 0. The van der Waals surface area contributed by atoms with Gasteiger partial charge in [-0.05, 0) is 61.2 Å². The van der Waals surface area contributed by atoms with Gasteiger partial charge in [0.15, 0.2) is 22.6 Å². The van der Waals surface area contributed by atoms with Gasteiger partial charge in [-0.15, -0.1) is 10.2 Å². The van der Waals surface area contributed by atoms with Crippen LogP contribution in [0.4, 0.5) is 5.69 Å². The molecule has 0 atom stereocenters. The highest BCUT2D eigenvalue weighted by Gasteiger charge is 2.14. The average Bonchev–Trinajstić information content (AvgIpc) is 3.45. The fourth-order valence-corrected chi connectivity index (χ4v) is 3.88. The van der Waals surface area contributed by atoms with Gasteiger partial charge in [-0.1, -0.05) is 36.4 Å². The lowest BCUT2D eigenvalue weighted by molar-refractivity contribution is 0.102. The van der Waals surface area contributed by atoms with Crippen molar-refractivity contribution < 1.29 is 13.9 Å². The number of carbonyl (C=O) groups is 1. The number of unbranched alkanes of at least 4 members (excludes halogenated alkanes) is 1. The van der Waals surface area contributed by atoms with Crippen molar-refractivity contribution in [2.24, 2.45) is 0 Å².